The number of aromatic nitrogens is 2. The van der Waals surface area contributed by atoms with Gasteiger partial charge in [0.1, 0.15) is 5.82 Å². The molecule has 2 aromatic carbocycles. The lowest BCUT2D eigenvalue weighted by Gasteiger charge is -2.33. The Bertz CT molecular complexity index is 1150. The van der Waals surface area contributed by atoms with E-state index in [4.69, 9.17) is 4.98 Å². The molecule has 0 radical (unpaired) electrons. The average molecular weight is 403 g/mol. The molecule has 0 bridgehead atoms. The smallest absolute Gasteiger partial charge is 0.265 e. The fourth-order valence-electron chi connectivity index (χ4n) is 3.99. The van der Waals surface area contributed by atoms with E-state index in [9.17, 15) is 4.79 Å². The fraction of sp³-hybridized carbons (Fsp3) is 0.217. The normalized spacial score (nSPS) is 15.2. The standard InChI is InChI=1S/C23H22N4OS/c1-16(17-6-3-2-4-7-17)26-11-12-27-20-10-9-18(14-19(20)25-22(27)15-26)24-23(28)21-8-5-13-29-21/h2-10,13-14,16H,11-12,15H2,1H3,(H,24,28)/t16-/m1/s1. The number of benzene rings is 2. The first-order valence-electron chi connectivity index (χ1n) is 9.82. The third-order valence-corrected chi connectivity index (χ3v) is 6.48. The molecule has 0 saturated heterocycles. The molecule has 1 amide bonds. The van der Waals surface area contributed by atoms with Crippen molar-refractivity contribution in [3.8, 4) is 0 Å². The molecule has 5 rings (SSSR count). The van der Waals surface area contributed by atoms with E-state index in [1.165, 1.54) is 16.9 Å². The maximum atomic E-state index is 12.3. The summed E-state index contributed by atoms with van der Waals surface area (Å²) in [6, 6.07) is 20.7. The Labute approximate surface area is 173 Å². The Hall–Kier alpha value is -2.96. The first-order chi connectivity index (χ1) is 14.2. The Morgan fingerprint density at radius 2 is 1.97 bits per heavy atom. The Balaban J connectivity index is 1.38. The Kier molecular flexibility index (Phi) is 4.66. The van der Waals surface area contributed by atoms with Gasteiger partial charge in [-0.05, 0) is 42.1 Å². The fourth-order valence-corrected chi connectivity index (χ4v) is 4.61. The molecule has 6 heteroatoms. The van der Waals surface area contributed by atoms with Gasteiger partial charge in [-0.15, -0.1) is 11.3 Å². The second kappa shape index (κ2) is 7.46. The predicted octanol–water partition coefficient (Wildman–Crippen LogP) is 4.93. The van der Waals surface area contributed by atoms with Crippen molar-refractivity contribution in [3.05, 3.63) is 82.3 Å². The third kappa shape index (κ3) is 3.45. The van der Waals surface area contributed by atoms with Gasteiger partial charge < -0.3 is 9.88 Å². The molecule has 1 aliphatic rings. The highest BCUT2D eigenvalue weighted by Gasteiger charge is 2.24. The summed E-state index contributed by atoms with van der Waals surface area (Å²) >= 11 is 1.44. The van der Waals surface area contributed by atoms with Gasteiger partial charge in [0.25, 0.3) is 5.91 Å². The van der Waals surface area contributed by atoms with Crippen LogP contribution in [0.5, 0.6) is 0 Å². The van der Waals surface area contributed by atoms with E-state index in [0.717, 1.165) is 42.2 Å². The molecule has 1 N–H and O–H groups in total. The minimum atomic E-state index is -0.0776. The van der Waals surface area contributed by atoms with Crippen molar-refractivity contribution in [1.29, 1.82) is 0 Å². The molecule has 0 saturated carbocycles. The van der Waals surface area contributed by atoms with Gasteiger partial charge in [0, 0.05) is 24.8 Å². The number of carbonyl (C=O) groups excluding carboxylic acids is 1. The third-order valence-electron chi connectivity index (χ3n) is 5.62. The second-order valence-electron chi connectivity index (χ2n) is 7.37. The van der Waals surface area contributed by atoms with Gasteiger partial charge in [-0.1, -0.05) is 36.4 Å². The van der Waals surface area contributed by atoms with Crippen LogP contribution in [0.15, 0.2) is 66.0 Å². The van der Waals surface area contributed by atoms with Crippen LogP contribution >= 0.6 is 11.3 Å². The van der Waals surface area contributed by atoms with Crippen LogP contribution < -0.4 is 5.32 Å². The molecule has 1 atom stereocenters. The molecule has 1 aliphatic heterocycles. The average Bonchev–Trinajstić information content (AvgIpc) is 3.41. The lowest BCUT2D eigenvalue weighted by molar-refractivity contribution is 0.103. The number of nitrogens with zero attached hydrogens (tertiary/aromatic N) is 3. The predicted molar refractivity (Wildman–Crippen MR) is 117 cm³/mol. The van der Waals surface area contributed by atoms with Crippen LogP contribution in [-0.2, 0) is 13.1 Å². The van der Waals surface area contributed by atoms with E-state index in [-0.39, 0.29) is 5.91 Å². The van der Waals surface area contributed by atoms with Crippen molar-refractivity contribution in [2.45, 2.75) is 26.1 Å². The maximum Gasteiger partial charge on any atom is 0.265 e. The van der Waals surface area contributed by atoms with Crippen molar-refractivity contribution >= 4 is 34.0 Å². The zero-order valence-corrected chi connectivity index (χ0v) is 17.0. The number of carbonyl (C=O) groups is 1. The minimum Gasteiger partial charge on any atom is -0.326 e. The van der Waals surface area contributed by atoms with Gasteiger partial charge in [0.2, 0.25) is 0 Å². The summed E-state index contributed by atoms with van der Waals surface area (Å²) in [5.74, 6) is 1.00. The molecule has 0 spiro atoms. The van der Waals surface area contributed by atoms with Gasteiger partial charge >= 0.3 is 0 Å². The molecular formula is C23H22N4OS. The first-order valence-corrected chi connectivity index (χ1v) is 10.7. The SMILES string of the molecule is C[C@H](c1ccccc1)N1CCn2c(nc3cc(NC(=O)c4cccs4)ccc32)C1. The summed E-state index contributed by atoms with van der Waals surface area (Å²) in [5.41, 5.74) is 4.16. The molecule has 3 heterocycles. The van der Waals surface area contributed by atoms with Crippen molar-refractivity contribution in [2.75, 3.05) is 11.9 Å². The maximum absolute atomic E-state index is 12.3. The number of amides is 1. The molecule has 146 valence electrons. The monoisotopic (exact) mass is 402 g/mol. The molecule has 0 unspecified atom stereocenters. The van der Waals surface area contributed by atoms with Crippen LogP contribution in [0.2, 0.25) is 0 Å². The Morgan fingerprint density at radius 3 is 2.76 bits per heavy atom. The summed E-state index contributed by atoms with van der Waals surface area (Å²) in [6.07, 6.45) is 0. The van der Waals surface area contributed by atoms with Crippen LogP contribution in [0.4, 0.5) is 5.69 Å². The number of hydrogen-bond donors (Lipinski definition) is 1. The second-order valence-corrected chi connectivity index (χ2v) is 8.32. The number of hydrogen-bond acceptors (Lipinski definition) is 4. The van der Waals surface area contributed by atoms with Gasteiger partial charge in [0.15, 0.2) is 0 Å². The van der Waals surface area contributed by atoms with Gasteiger partial charge in [-0.2, -0.15) is 0 Å². The highest BCUT2D eigenvalue weighted by molar-refractivity contribution is 7.12. The molecule has 2 aromatic heterocycles. The van der Waals surface area contributed by atoms with Crippen molar-refractivity contribution in [2.24, 2.45) is 0 Å². The summed E-state index contributed by atoms with van der Waals surface area (Å²) < 4.78 is 2.30. The van der Waals surface area contributed by atoms with Crippen LogP contribution in [0.3, 0.4) is 0 Å². The van der Waals surface area contributed by atoms with E-state index < -0.39 is 0 Å². The molecule has 0 fully saturated rings. The molecule has 0 aliphatic carbocycles. The summed E-state index contributed by atoms with van der Waals surface area (Å²) in [5, 5.41) is 4.88. The molecule has 4 aromatic rings. The van der Waals surface area contributed by atoms with E-state index in [1.807, 2.05) is 29.6 Å². The summed E-state index contributed by atoms with van der Waals surface area (Å²) in [6.45, 7) is 4.99. The molecular weight excluding hydrogens is 380 g/mol. The number of nitrogens with one attached hydrogen (secondary N) is 1. The number of rotatable bonds is 4. The lowest BCUT2D eigenvalue weighted by Crippen LogP contribution is -2.35. The molecule has 29 heavy (non-hydrogen) atoms. The highest BCUT2D eigenvalue weighted by Crippen LogP contribution is 2.28. The quantitative estimate of drug-likeness (QED) is 0.527. The van der Waals surface area contributed by atoms with Crippen LogP contribution in [0, 0.1) is 0 Å². The van der Waals surface area contributed by atoms with Crippen molar-refractivity contribution in [3.63, 3.8) is 0 Å². The van der Waals surface area contributed by atoms with Gasteiger partial charge in [-0.3, -0.25) is 9.69 Å². The first kappa shape index (κ1) is 18.1. The van der Waals surface area contributed by atoms with Crippen LogP contribution in [-0.4, -0.2) is 26.9 Å². The van der Waals surface area contributed by atoms with Crippen LogP contribution in [0.1, 0.15) is 34.0 Å². The highest BCUT2D eigenvalue weighted by atomic mass is 32.1. The van der Waals surface area contributed by atoms with E-state index in [0.29, 0.717) is 10.9 Å². The zero-order valence-electron chi connectivity index (χ0n) is 16.2. The van der Waals surface area contributed by atoms with E-state index in [1.54, 1.807) is 0 Å². The molecule has 5 nitrogen and oxygen atoms in total. The number of anilines is 1. The largest absolute Gasteiger partial charge is 0.326 e. The zero-order chi connectivity index (χ0) is 19.8. The Morgan fingerprint density at radius 1 is 1.10 bits per heavy atom. The van der Waals surface area contributed by atoms with Gasteiger partial charge in [0.05, 0.1) is 22.5 Å². The van der Waals surface area contributed by atoms with Crippen molar-refractivity contribution in [1.82, 2.24) is 14.5 Å². The topological polar surface area (TPSA) is 50.2 Å². The van der Waals surface area contributed by atoms with E-state index in [2.05, 4.69) is 58.1 Å². The van der Waals surface area contributed by atoms with Gasteiger partial charge in [-0.25, -0.2) is 4.98 Å². The number of imidazole rings is 1. The van der Waals surface area contributed by atoms with Crippen LogP contribution in [0.25, 0.3) is 11.0 Å². The van der Waals surface area contributed by atoms with Crippen molar-refractivity contribution < 1.29 is 4.79 Å². The minimum absolute atomic E-state index is 0.0776. The lowest BCUT2D eigenvalue weighted by atomic mass is 10.1. The van der Waals surface area contributed by atoms with E-state index >= 15 is 0 Å². The summed E-state index contributed by atoms with van der Waals surface area (Å²) in [7, 11) is 0. The number of fused-ring (bicyclic) bond motifs is 3. The summed E-state index contributed by atoms with van der Waals surface area (Å²) in [4.78, 5) is 20.4. The number of thiophene rings is 1.